The van der Waals surface area contributed by atoms with Crippen molar-refractivity contribution in [3.8, 4) is 0 Å². The summed E-state index contributed by atoms with van der Waals surface area (Å²) in [6.45, 7) is 8.59. The van der Waals surface area contributed by atoms with E-state index in [0.29, 0.717) is 0 Å². The maximum Gasteiger partial charge on any atom is 0.255 e. The number of hydrogen-bond donors (Lipinski definition) is 0. The van der Waals surface area contributed by atoms with Crippen molar-refractivity contribution in [3.63, 3.8) is 0 Å². The van der Waals surface area contributed by atoms with Crippen LogP contribution in [0.15, 0.2) is 36.5 Å². The maximum atomic E-state index is 12.9. The predicted molar refractivity (Wildman–Crippen MR) is 121 cm³/mol. The summed E-state index contributed by atoms with van der Waals surface area (Å²) in [7, 11) is 0. The molecule has 0 aliphatic carbocycles. The van der Waals surface area contributed by atoms with Crippen molar-refractivity contribution in [3.05, 3.63) is 53.3 Å². The van der Waals surface area contributed by atoms with Crippen molar-refractivity contribution in [1.29, 1.82) is 0 Å². The number of benzene rings is 1. The van der Waals surface area contributed by atoms with E-state index in [1.165, 1.54) is 10.1 Å². The van der Waals surface area contributed by atoms with Gasteiger partial charge in [0, 0.05) is 63.1 Å². The van der Waals surface area contributed by atoms with Gasteiger partial charge in [-0.3, -0.25) is 14.7 Å². The van der Waals surface area contributed by atoms with Crippen LogP contribution in [0.4, 0.5) is 5.82 Å². The van der Waals surface area contributed by atoms with Crippen molar-refractivity contribution in [1.82, 2.24) is 19.2 Å². The summed E-state index contributed by atoms with van der Waals surface area (Å²) >= 11 is 1.58. The molecule has 1 fully saturated rings. The van der Waals surface area contributed by atoms with Gasteiger partial charge in [-0.1, -0.05) is 19.1 Å². The van der Waals surface area contributed by atoms with Gasteiger partial charge < -0.3 is 9.80 Å². The lowest BCUT2D eigenvalue weighted by atomic mass is 10.00. The molecule has 0 unspecified atom stereocenters. The fraction of sp³-hybridized carbons (Fsp3) is 0.435. The minimum absolute atomic E-state index is 0.138. The number of aromatic nitrogens is 2. The van der Waals surface area contributed by atoms with Crippen LogP contribution in [0.3, 0.4) is 0 Å². The molecule has 7 heteroatoms. The number of pyridine rings is 1. The molecule has 0 atom stereocenters. The molecule has 0 saturated carbocycles. The fourth-order valence-electron chi connectivity index (χ4n) is 4.43. The first-order valence-electron chi connectivity index (χ1n) is 10.8. The van der Waals surface area contributed by atoms with E-state index in [1.807, 2.05) is 4.90 Å². The van der Waals surface area contributed by atoms with Crippen LogP contribution in [0.25, 0.3) is 10.1 Å². The van der Waals surface area contributed by atoms with Gasteiger partial charge in [0.1, 0.15) is 5.82 Å². The fourth-order valence-corrected chi connectivity index (χ4v) is 5.22. The summed E-state index contributed by atoms with van der Waals surface area (Å²) < 4.78 is 5.95. The first kappa shape index (κ1) is 19.5. The van der Waals surface area contributed by atoms with Gasteiger partial charge >= 0.3 is 0 Å². The highest BCUT2D eigenvalue weighted by Crippen LogP contribution is 2.29. The zero-order chi connectivity index (χ0) is 20.5. The molecule has 3 aromatic rings. The Morgan fingerprint density at radius 3 is 2.73 bits per heavy atom. The van der Waals surface area contributed by atoms with Crippen LogP contribution in [-0.2, 0) is 12.8 Å². The molecule has 0 radical (unpaired) electrons. The normalized spacial score (nSPS) is 17.6. The van der Waals surface area contributed by atoms with Gasteiger partial charge in [0.2, 0.25) is 0 Å². The van der Waals surface area contributed by atoms with Crippen LogP contribution >= 0.6 is 11.5 Å². The average molecular weight is 422 g/mol. The Kier molecular flexibility index (Phi) is 5.39. The molecule has 0 spiro atoms. The molecule has 156 valence electrons. The Labute approximate surface area is 181 Å². The molecular formula is C23H27N5OS. The number of carbonyl (C=O) groups is 1. The van der Waals surface area contributed by atoms with Gasteiger partial charge in [0.15, 0.2) is 0 Å². The van der Waals surface area contributed by atoms with Crippen LogP contribution in [0, 0.1) is 0 Å². The Morgan fingerprint density at radius 2 is 1.90 bits per heavy atom. The number of anilines is 1. The van der Waals surface area contributed by atoms with Crippen LogP contribution in [0.5, 0.6) is 0 Å². The van der Waals surface area contributed by atoms with Crippen molar-refractivity contribution < 1.29 is 4.79 Å². The minimum Gasteiger partial charge on any atom is -0.353 e. The smallest absolute Gasteiger partial charge is 0.255 e. The van der Waals surface area contributed by atoms with E-state index in [9.17, 15) is 4.79 Å². The third kappa shape index (κ3) is 3.68. The highest BCUT2D eigenvalue weighted by molar-refractivity contribution is 7.13. The number of aryl methyl sites for hydroxylation is 1. The monoisotopic (exact) mass is 421 g/mol. The molecular weight excluding hydrogens is 394 g/mol. The molecule has 2 aliphatic rings. The Hall–Kier alpha value is -2.51. The molecule has 1 saturated heterocycles. The maximum absolute atomic E-state index is 12.9. The summed E-state index contributed by atoms with van der Waals surface area (Å²) in [6.07, 6.45) is 3.62. The van der Waals surface area contributed by atoms with Crippen molar-refractivity contribution >= 4 is 33.3 Å². The second kappa shape index (κ2) is 8.32. The van der Waals surface area contributed by atoms with Gasteiger partial charge in [-0.05, 0) is 48.1 Å². The van der Waals surface area contributed by atoms with Gasteiger partial charge in [0.25, 0.3) is 5.91 Å². The summed E-state index contributed by atoms with van der Waals surface area (Å²) in [5.74, 6) is 1.26. The number of carbonyl (C=O) groups excluding carboxylic acids is 1. The minimum atomic E-state index is 0.138. The Balaban J connectivity index is 1.16. The zero-order valence-corrected chi connectivity index (χ0v) is 18.2. The SMILES string of the molecule is CCc1cc2c(cn1)C(=O)N(CCN1CCN(c3nsc4ccccc34)CC1)CC2. The highest BCUT2D eigenvalue weighted by atomic mass is 32.1. The number of nitrogens with zero attached hydrogens (tertiary/aromatic N) is 5. The number of hydrogen-bond acceptors (Lipinski definition) is 6. The van der Waals surface area contributed by atoms with Crippen LogP contribution < -0.4 is 4.90 Å². The van der Waals surface area contributed by atoms with E-state index in [1.54, 1.807) is 17.7 Å². The lowest BCUT2D eigenvalue weighted by Gasteiger charge is -2.36. The second-order valence-corrected chi connectivity index (χ2v) is 8.86. The molecule has 0 N–H and O–H groups in total. The topological polar surface area (TPSA) is 52.6 Å². The van der Waals surface area contributed by atoms with E-state index >= 15 is 0 Å². The molecule has 2 aliphatic heterocycles. The summed E-state index contributed by atoms with van der Waals surface area (Å²) in [4.78, 5) is 24.2. The van der Waals surface area contributed by atoms with E-state index in [4.69, 9.17) is 4.37 Å². The van der Waals surface area contributed by atoms with Crippen LogP contribution in [0.1, 0.15) is 28.5 Å². The quantitative estimate of drug-likeness (QED) is 0.634. The molecule has 5 rings (SSSR count). The van der Waals surface area contributed by atoms with E-state index in [-0.39, 0.29) is 5.91 Å². The van der Waals surface area contributed by atoms with Crippen molar-refractivity contribution in [2.24, 2.45) is 0 Å². The predicted octanol–water partition coefficient (Wildman–Crippen LogP) is 3.07. The number of fused-ring (bicyclic) bond motifs is 2. The van der Waals surface area contributed by atoms with Crippen LogP contribution in [-0.4, -0.2) is 70.9 Å². The Morgan fingerprint density at radius 1 is 1.07 bits per heavy atom. The molecule has 0 bridgehead atoms. The van der Waals surface area contributed by atoms with Gasteiger partial charge in [-0.25, -0.2) is 0 Å². The molecule has 30 heavy (non-hydrogen) atoms. The summed E-state index contributed by atoms with van der Waals surface area (Å²) in [5, 5.41) is 1.26. The van der Waals surface area contributed by atoms with Gasteiger partial charge in [-0.2, -0.15) is 4.37 Å². The standard InChI is InChI=1S/C23H27N5OS/c1-2-18-15-17-7-8-28(23(29)20(17)16-24-18)14-11-26-9-12-27(13-10-26)22-19-5-3-4-6-21(19)30-25-22/h3-6,15-16H,2,7-14H2,1H3. The second-order valence-electron chi connectivity index (χ2n) is 8.06. The van der Waals surface area contributed by atoms with Crippen molar-refractivity contribution in [2.75, 3.05) is 50.7 Å². The van der Waals surface area contributed by atoms with E-state index < -0.39 is 0 Å². The summed E-state index contributed by atoms with van der Waals surface area (Å²) in [6, 6.07) is 10.6. The lowest BCUT2D eigenvalue weighted by molar-refractivity contribution is 0.0716. The molecule has 1 aromatic carbocycles. The zero-order valence-electron chi connectivity index (χ0n) is 17.4. The largest absolute Gasteiger partial charge is 0.353 e. The number of piperazine rings is 1. The number of rotatable bonds is 5. The molecule has 2 aromatic heterocycles. The molecule has 1 amide bonds. The first-order chi connectivity index (χ1) is 14.7. The average Bonchev–Trinajstić information content (AvgIpc) is 3.23. The third-order valence-electron chi connectivity index (χ3n) is 6.29. The van der Waals surface area contributed by atoms with E-state index in [2.05, 4.69) is 52.0 Å². The number of amides is 1. The van der Waals surface area contributed by atoms with Gasteiger partial charge in [-0.15, -0.1) is 0 Å². The van der Waals surface area contributed by atoms with Crippen molar-refractivity contribution in [2.45, 2.75) is 19.8 Å². The van der Waals surface area contributed by atoms with Crippen LogP contribution in [0.2, 0.25) is 0 Å². The third-order valence-corrected chi connectivity index (χ3v) is 7.11. The molecule has 4 heterocycles. The molecule has 6 nitrogen and oxygen atoms in total. The Bertz CT molecular complexity index is 1060. The van der Waals surface area contributed by atoms with Gasteiger partial charge in [0.05, 0.1) is 10.3 Å². The highest BCUT2D eigenvalue weighted by Gasteiger charge is 2.26. The summed E-state index contributed by atoms with van der Waals surface area (Å²) in [5.41, 5.74) is 3.02. The lowest BCUT2D eigenvalue weighted by Crippen LogP contribution is -2.50. The van der Waals surface area contributed by atoms with E-state index in [0.717, 1.165) is 81.3 Å². The first-order valence-corrected chi connectivity index (χ1v) is 11.6.